The number of aliphatic hydroxyl groups excluding tert-OH is 1. The number of benzene rings is 1. The van der Waals surface area contributed by atoms with Gasteiger partial charge in [0.05, 0.1) is 6.04 Å². The third kappa shape index (κ3) is 3.43. The zero-order chi connectivity index (χ0) is 13.7. The highest BCUT2D eigenvalue weighted by molar-refractivity contribution is 5.83. The van der Waals surface area contributed by atoms with Gasteiger partial charge in [0.2, 0.25) is 5.91 Å². The highest BCUT2D eigenvalue weighted by Gasteiger charge is 2.33. The molecule has 0 spiro atoms. The van der Waals surface area contributed by atoms with Crippen LogP contribution in [0.4, 0.5) is 0 Å². The standard InChI is InChI=1S/C15H20N2O2/c1-2-10-17-14(18)9-8-13(15(17)19)16-11-12-6-4-3-5-7-12/h2-7,13-14,16,18H,1,8-11H2/t13-,14?/m0/s1. The third-order valence-electron chi connectivity index (χ3n) is 3.38. The quantitative estimate of drug-likeness (QED) is 0.784. The number of amides is 1. The number of hydrogen-bond acceptors (Lipinski definition) is 3. The molecule has 0 bridgehead atoms. The normalized spacial score (nSPS) is 23.4. The molecule has 4 nitrogen and oxygen atoms in total. The molecule has 2 N–H and O–H groups in total. The molecular weight excluding hydrogens is 240 g/mol. The first-order chi connectivity index (χ1) is 9.22. The fourth-order valence-electron chi connectivity index (χ4n) is 2.32. The van der Waals surface area contributed by atoms with Crippen molar-refractivity contribution in [2.75, 3.05) is 6.54 Å². The molecule has 4 heteroatoms. The van der Waals surface area contributed by atoms with Gasteiger partial charge in [0.1, 0.15) is 6.23 Å². The summed E-state index contributed by atoms with van der Waals surface area (Å²) in [6, 6.07) is 9.76. The number of nitrogens with zero attached hydrogens (tertiary/aromatic N) is 1. The maximum atomic E-state index is 12.2. The van der Waals surface area contributed by atoms with Crippen LogP contribution in [0.5, 0.6) is 0 Å². The van der Waals surface area contributed by atoms with Crippen LogP contribution in [0.1, 0.15) is 18.4 Å². The molecule has 1 aromatic rings. The maximum Gasteiger partial charge on any atom is 0.242 e. The van der Waals surface area contributed by atoms with Crippen molar-refractivity contribution in [2.24, 2.45) is 0 Å². The molecule has 1 fully saturated rings. The summed E-state index contributed by atoms with van der Waals surface area (Å²) in [7, 11) is 0. The molecular formula is C15H20N2O2. The Morgan fingerprint density at radius 2 is 2.11 bits per heavy atom. The Morgan fingerprint density at radius 1 is 1.37 bits per heavy atom. The first-order valence-corrected chi connectivity index (χ1v) is 6.59. The van der Waals surface area contributed by atoms with E-state index in [1.165, 1.54) is 4.90 Å². The molecule has 102 valence electrons. The summed E-state index contributed by atoms with van der Waals surface area (Å²) >= 11 is 0. The summed E-state index contributed by atoms with van der Waals surface area (Å²) < 4.78 is 0. The molecule has 1 unspecified atom stereocenters. The van der Waals surface area contributed by atoms with Crippen LogP contribution in [-0.4, -0.2) is 34.7 Å². The first kappa shape index (κ1) is 13.8. The van der Waals surface area contributed by atoms with Crippen molar-refractivity contribution in [2.45, 2.75) is 31.7 Å². The maximum absolute atomic E-state index is 12.2. The molecule has 1 aliphatic heterocycles. The second-order valence-corrected chi connectivity index (χ2v) is 4.76. The SMILES string of the molecule is C=CCN1C(=O)[C@@H](NCc2ccccc2)CCC1O. The number of carbonyl (C=O) groups is 1. The van der Waals surface area contributed by atoms with E-state index in [9.17, 15) is 9.90 Å². The molecule has 2 atom stereocenters. The van der Waals surface area contributed by atoms with E-state index in [1.54, 1.807) is 6.08 Å². The lowest BCUT2D eigenvalue weighted by molar-refractivity contribution is -0.148. The topological polar surface area (TPSA) is 52.6 Å². The largest absolute Gasteiger partial charge is 0.374 e. The lowest BCUT2D eigenvalue weighted by atomic mass is 10.0. The average molecular weight is 260 g/mol. The summed E-state index contributed by atoms with van der Waals surface area (Å²) in [6.45, 7) is 4.67. The van der Waals surface area contributed by atoms with Crippen molar-refractivity contribution in [1.29, 1.82) is 0 Å². The van der Waals surface area contributed by atoms with Gasteiger partial charge in [-0.2, -0.15) is 0 Å². The van der Waals surface area contributed by atoms with Crippen molar-refractivity contribution >= 4 is 5.91 Å². The molecule has 0 radical (unpaired) electrons. The Kier molecular flexibility index (Phi) is 4.71. The Hall–Kier alpha value is -1.65. The van der Waals surface area contributed by atoms with Crippen LogP contribution in [0.2, 0.25) is 0 Å². The molecule has 1 aliphatic rings. The van der Waals surface area contributed by atoms with E-state index in [0.29, 0.717) is 25.9 Å². The van der Waals surface area contributed by atoms with Gasteiger partial charge in [0.25, 0.3) is 0 Å². The van der Waals surface area contributed by atoms with Crippen molar-refractivity contribution in [3.63, 3.8) is 0 Å². The van der Waals surface area contributed by atoms with Gasteiger partial charge in [-0.3, -0.25) is 4.79 Å². The molecule has 1 heterocycles. The highest BCUT2D eigenvalue weighted by atomic mass is 16.3. The Bertz CT molecular complexity index is 433. The van der Waals surface area contributed by atoms with Gasteiger partial charge >= 0.3 is 0 Å². The molecule has 1 saturated heterocycles. The fourth-order valence-corrected chi connectivity index (χ4v) is 2.32. The fraction of sp³-hybridized carbons (Fsp3) is 0.400. The number of carbonyl (C=O) groups excluding carboxylic acids is 1. The van der Waals surface area contributed by atoms with Crippen LogP contribution in [-0.2, 0) is 11.3 Å². The Labute approximate surface area is 113 Å². The smallest absolute Gasteiger partial charge is 0.242 e. The van der Waals surface area contributed by atoms with Gasteiger partial charge in [-0.25, -0.2) is 0 Å². The number of piperidine rings is 1. The minimum atomic E-state index is -0.680. The summed E-state index contributed by atoms with van der Waals surface area (Å²) in [5.41, 5.74) is 1.15. The van der Waals surface area contributed by atoms with E-state index in [-0.39, 0.29) is 11.9 Å². The second kappa shape index (κ2) is 6.50. The zero-order valence-electron chi connectivity index (χ0n) is 11.0. The van der Waals surface area contributed by atoms with E-state index >= 15 is 0 Å². The Morgan fingerprint density at radius 3 is 2.79 bits per heavy atom. The zero-order valence-corrected chi connectivity index (χ0v) is 11.0. The van der Waals surface area contributed by atoms with Crippen molar-refractivity contribution in [1.82, 2.24) is 10.2 Å². The average Bonchev–Trinajstić information content (AvgIpc) is 2.44. The van der Waals surface area contributed by atoms with E-state index < -0.39 is 6.23 Å². The molecule has 0 saturated carbocycles. The second-order valence-electron chi connectivity index (χ2n) is 4.76. The molecule has 19 heavy (non-hydrogen) atoms. The number of rotatable bonds is 5. The van der Waals surface area contributed by atoms with Gasteiger partial charge in [-0.1, -0.05) is 36.4 Å². The van der Waals surface area contributed by atoms with Crippen molar-refractivity contribution in [3.05, 3.63) is 48.6 Å². The monoisotopic (exact) mass is 260 g/mol. The molecule has 0 aromatic heterocycles. The van der Waals surface area contributed by atoms with Crippen LogP contribution < -0.4 is 5.32 Å². The van der Waals surface area contributed by atoms with Crippen LogP contribution >= 0.6 is 0 Å². The number of hydrogen-bond donors (Lipinski definition) is 2. The molecule has 1 aromatic carbocycles. The lowest BCUT2D eigenvalue weighted by Crippen LogP contribution is -2.54. The summed E-state index contributed by atoms with van der Waals surface area (Å²) in [4.78, 5) is 13.7. The van der Waals surface area contributed by atoms with E-state index in [0.717, 1.165) is 5.56 Å². The predicted molar refractivity (Wildman–Crippen MR) is 74.2 cm³/mol. The van der Waals surface area contributed by atoms with E-state index in [4.69, 9.17) is 0 Å². The van der Waals surface area contributed by atoms with E-state index in [1.807, 2.05) is 30.3 Å². The van der Waals surface area contributed by atoms with E-state index in [2.05, 4.69) is 11.9 Å². The van der Waals surface area contributed by atoms with Gasteiger partial charge in [-0.15, -0.1) is 6.58 Å². The number of aliphatic hydroxyl groups is 1. The predicted octanol–water partition coefficient (Wildman–Crippen LogP) is 1.27. The number of nitrogens with one attached hydrogen (secondary N) is 1. The molecule has 2 rings (SSSR count). The lowest BCUT2D eigenvalue weighted by Gasteiger charge is -2.36. The third-order valence-corrected chi connectivity index (χ3v) is 3.38. The van der Waals surface area contributed by atoms with Crippen LogP contribution in [0, 0.1) is 0 Å². The highest BCUT2D eigenvalue weighted by Crippen LogP contribution is 2.17. The molecule has 0 aliphatic carbocycles. The van der Waals surface area contributed by atoms with Crippen LogP contribution in [0.15, 0.2) is 43.0 Å². The minimum absolute atomic E-state index is 0.0467. The van der Waals surface area contributed by atoms with Crippen LogP contribution in [0.25, 0.3) is 0 Å². The van der Waals surface area contributed by atoms with Crippen molar-refractivity contribution < 1.29 is 9.90 Å². The van der Waals surface area contributed by atoms with Crippen molar-refractivity contribution in [3.8, 4) is 0 Å². The van der Waals surface area contributed by atoms with Gasteiger partial charge in [0, 0.05) is 13.1 Å². The van der Waals surface area contributed by atoms with Gasteiger partial charge in [-0.05, 0) is 18.4 Å². The first-order valence-electron chi connectivity index (χ1n) is 6.59. The number of likely N-dealkylation sites (tertiary alicyclic amines) is 1. The van der Waals surface area contributed by atoms with Gasteiger partial charge in [0.15, 0.2) is 0 Å². The van der Waals surface area contributed by atoms with Gasteiger partial charge < -0.3 is 15.3 Å². The molecule has 1 amide bonds. The Balaban J connectivity index is 1.93. The summed E-state index contributed by atoms with van der Waals surface area (Å²) in [6.07, 6.45) is 2.23. The minimum Gasteiger partial charge on any atom is -0.374 e. The summed E-state index contributed by atoms with van der Waals surface area (Å²) in [5.74, 6) is -0.0467. The van der Waals surface area contributed by atoms with Crippen LogP contribution in [0.3, 0.4) is 0 Å². The summed E-state index contributed by atoms with van der Waals surface area (Å²) in [5, 5.41) is 13.1.